The summed E-state index contributed by atoms with van der Waals surface area (Å²) in [5.74, 6) is -0.231. The molecule has 2 aliphatic rings. The van der Waals surface area contributed by atoms with Crippen LogP contribution >= 0.6 is 23.4 Å². The van der Waals surface area contributed by atoms with Gasteiger partial charge in [-0.15, -0.1) is 11.8 Å². The van der Waals surface area contributed by atoms with Gasteiger partial charge in [0.2, 0.25) is 5.91 Å². The first kappa shape index (κ1) is 22.9. The van der Waals surface area contributed by atoms with Crippen molar-refractivity contribution in [1.82, 2.24) is 10.2 Å². The Balaban J connectivity index is 1.43. The van der Waals surface area contributed by atoms with E-state index in [9.17, 15) is 9.59 Å². The molecule has 4 rings (SSSR count). The van der Waals surface area contributed by atoms with Crippen LogP contribution in [0.5, 0.6) is 0 Å². The van der Waals surface area contributed by atoms with Gasteiger partial charge in [-0.05, 0) is 49.4 Å². The minimum atomic E-state index is -0.209. The molecule has 0 aromatic heterocycles. The maximum absolute atomic E-state index is 13.4. The zero-order valence-corrected chi connectivity index (χ0v) is 19.9. The van der Waals surface area contributed by atoms with Crippen LogP contribution in [-0.2, 0) is 22.6 Å². The molecule has 2 aromatic carbocycles. The largest absolute Gasteiger partial charge is 0.352 e. The second-order valence-electron chi connectivity index (χ2n) is 8.60. The Morgan fingerprint density at radius 2 is 1.78 bits per heavy atom. The van der Waals surface area contributed by atoms with Gasteiger partial charge < -0.3 is 10.2 Å². The van der Waals surface area contributed by atoms with E-state index in [4.69, 9.17) is 11.6 Å². The first-order valence-electron chi connectivity index (χ1n) is 11.3. The Labute approximate surface area is 199 Å². The minimum Gasteiger partial charge on any atom is -0.352 e. The number of benzene rings is 2. The van der Waals surface area contributed by atoms with Crippen molar-refractivity contribution >= 4 is 35.2 Å². The predicted octanol–water partition coefficient (Wildman–Crippen LogP) is 5.28. The molecular weight excluding hydrogens is 440 g/mol. The van der Waals surface area contributed by atoms with Gasteiger partial charge in [0.05, 0.1) is 4.91 Å². The number of carbonyl (C=O) groups is 2. The number of hydrogen-bond acceptors (Lipinski definition) is 3. The number of amides is 2. The summed E-state index contributed by atoms with van der Waals surface area (Å²) < 4.78 is 0. The first-order chi connectivity index (χ1) is 15.5. The summed E-state index contributed by atoms with van der Waals surface area (Å²) >= 11 is 7.52. The summed E-state index contributed by atoms with van der Waals surface area (Å²) in [7, 11) is 0. The van der Waals surface area contributed by atoms with Crippen LogP contribution < -0.4 is 5.32 Å². The first-order valence-corrected chi connectivity index (χ1v) is 12.5. The number of thioether (sulfide) groups is 1. The summed E-state index contributed by atoms with van der Waals surface area (Å²) in [4.78, 5) is 28.5. The molecule has 32 heavy (non-hydrogen) atoms. The van der Waals surface area contributed by atoms with Gasteiger partial charge >= 0.3 is 0 Å². The molecule has 1 saturated heterocycles. The van der Waals surface area contributed by atoms with Crippen molar-refractivity contribution in [3.05, 3.63) is 81.2 Å². The molecule has 0 radical (unpaired) electrons. The van der Waals surface area contributed by atoms with Crippen LogP contribution in [0.4, 0.5) is 0 Å². The van der Waals surface area contributed by atoms with Crippen LogP contribution in [0.3, 0.4) is 0 Å². The highest BCUT2D eigenvalue weighted by Gasteiger charge is 2.40. The van der Waals surface area contributed by atoms with E-state index in [2.05, 4.69) is 36.5 Å². The van der Waals surface area contributed by atoms with E-state index in [1.807, 2.05) is 29.2 Å². The lowest BCUT2D eigenvalue weighted by Gasteiger charge is -2.44. The Morgan fingerprint density at radius 1 is 1.09 bits per heavy atom. The third-order valence-electron chi connectivity index (χ3n) is 6.18. The lowest BCUT2D eigenvalue weighted by atomic mass is 9.92. The monoisotopic (exact) mass is 468 g/mol. The molecule has 1 N–H and O–H groups in total. The molecule has 2 aromatic rings. The maximum atomic E-state index is 13.4. The molecule has 2 amide bonds. The van der Waals surface area contributed by atoms with Crippen molar-refractivity contribution in [2.24, 2.45) is 0 Å². The zero-order valence-electron chi connectivity index (χ0n) is 18.4. The highest BCUT2D eigenvalue weighted by molar-refractivity contribution is 8.04. The summed E-state index contributed by atoms with van der Waals surface area (Å²) in [6, 6.07) is 16.2. The topological polar surface area (TPSA) is 49.4 Å². The second-order valence-corrected chi connectivity index (χ2v) is 10.3. The predicted molar refractivity (Wildman–Crippen MR) is 132 cm³/mol. The maximum Gasteiger partial charge on any atom is 0.261 e. The Bertz CT molecular complexity index is 988. The van der Waals surface area contributed by atoms with E-state index in [1.165, 1.54) is 18.1 Å². The van der Waals surface area contributed by atoms with Gasteiger partial charge in [-0.25, -0.2) is 0 Å². The fourth-order valence-corrected chi connectivity index (χ4v) is 5.97. The molecule has 2 unspecified atom stereocenters. The van der Waals surface area contributed by atoms with Gasteiger partial charge in [0.25, 0.3) is 5.91 Å². The number of hydrogen-bond donors (Lipinski definition) is 1. The average Bonchev–Trinajstić information content (AvgIpc) is 2.79. The molecular formula is C26H29ClN2O2S. The number of fused-ring (bicyclic) bond motifs is 1. The Morgan fingerprint density at radius 3 is 2.53 bits per heavy atom. The number of carbonyl (C=O) groups excluding carboxylic acids is 2. The normalized spacial score (nSPS) is 22.0. The summed E-state index contributed by atoms with van der Waals surface area (Å²) in [6.07, 6.45) is 6.68. The summed E-state index contributed by atoms with van der Waals surface area (Å²) in [5.41, 5.74) is 3.45. The third kappa shape index (κ3) is 5.76. The number of nitrogens with zero attached hydrogens (tertiary/aromatic N) is 1. The van der Waals surface area contributed by atoms with Gasteiger partial charge in [-0.1, -0.05) is 66.4 Å². The van der Waals surface area contributed by atoms with Crippen molar-refractivity contribution in [2.75, 3.05) is 6.54 Å². The van der Waals surface area contributed by atoms with Gasteiger partial charge in [0, 0.05) is 35.5 Å². The van der Waals surface area contributed by atoms with E-state index >= 15 is 0 Å². The SMILES string of the molecule is Cc1ccc(CN2C(=O)/C(=C/C(=O)NCCc3ccc(Cl)cc3)SC3CCCCC32)cc1. The molecule has 168 valence electrons. The number of rotatable bonds is 6. The highest BCUT2D eigenvalue weighted by atomic mass is 35.5. The van der Waals surface area contributed by atoms with Crippen LogP contribution in [0.25, 0.3) is 0 Å². The second kappa shape index (κ2) is 10.6. The van der Waals surface area contributed by atoms with E-state index in [1.54, 1.807) is 11.8 Å². The van der Waals surface area contributed by atoms with Crippen LogP contribution in [0, 0.1) is 6.92 Å². The molecule has 4 nitrogen and oxygen atoms in total. The smallest absolute Gasteiger partial charge is 0.261 e. The Kier molecular flexibility index (Phi) is 7.59. The molecule has 0 bridgehead atoms. The number of halogens is 1. The summed E-state index contributed by atoms with van der Waals surface area (Å²) in [6.45, 7) is 3.18. The van der Waals surface area contributed by atoms with Crippen molar-refractivity contribution in [2.45, 2.75) is 56.9 Å². The zero-order chi connectivity index (χ0) is 22.5. The van der Waals surface area contributed by atoms with Crippen LogP contribution in [0.2, 0.25) is 5.02 Å². The molecule has 2 fully saturated rings. The molecule has 0 spiro atoms. The third-order valence-corrected chi connectivity index (χ3v) is 7.83. The van der Waals surface area contributed by atoms with Crippen molar-refractivity contribution in [1.29, 1.82) is 0 Å². The minimum absolute atomic E-state index is 0.0217. The van der Waals surface area contributed by atoms with Gasteiger partial charge in [-0.3, -0.25) is 9.59 Å². The fraction of sp³-hybridized carbons (Fsp3) is 0.385. The molecule has 1 saturated carbocycles. The van der Waals surface area contributed by atoms with Gasteiger partial charge in [0.15, 0.2) is 0 Å². The molecule has 1 heterocycles. The standard InChI is InChI=1S/C26H29ClN2O2S/c1-18-6-8-20(9-7-18)17-29-22-4-2-3-5-23(22)32-24(26(29)31)16-25(30)28-15-14-19-10-12-21(27)13-11-19/h6-13,16,22-23H,2-5,14-15,17H2,1H3,(H,28,30)/b24-16-. The summed E-state index contributed by atoms with van der Waals surface area (Å²) in [5, 5.41) is 3.99. The lowest BCUT2D eigenvalue weighted by Crippen LogP contribution is -2.51. The number of nitrogens with one attached hydrogen (secondary N) is 1. The van der Waals surface area contributed by atoms with E-state index < -0.39 is 0 Å². The molecule has 1 aliphatic heterocycles. The number of aryl methyl sites for hydroxylation is 1. The molecule has 6 heteroatoms. The van der Waals surface area contributed by atoms with Crippen molar-refractivity contribution in [3.63, 3.8) is 0 Å². The van der Waals surface area contributed by atoms with Gasteiger partial charge in [0.1, 0.15) is 0 Å². The fourth-order valence-electron chi connectivity index (χ4n) is 4.40. The van der Waals surface area contributed by atoms with Crippen LogP contribution in [-0.4, -0.2) is 34.6 Å². The van der Waals surface area contributed by atoms with Crippen molar-refractivity contribution in [3.8, 4) is 0 Å². The molecule has 1 aliphatic carbocycles. The van der Waals surface area contributed by atoms with Crippen molar-refractivity contribution < 1.29 is 9.59 Å². The highest BCUT2D eigenvalue weighted by Crippen LogP contribution is 2.42. The molecule has 2 atom stereocenters. The van der Waals surface area contributed by atoms with E-state index in [0.717, 1.165) is 36.8 Å². The average molecular weight is 469 g/mol. The Hall–Kier alpha value is -2.24. The lowest BCUT2D eigenvalue weighted by molar-refractivity contribution is -0.130. The van der Waals surface area contributed by atoms with Crippen LogP contribution in [0.15, 0.2) is 59.5 Å². The quantitative estimate of drug-likeness (QED) is 0.587. The van der Waals surface area contributed by atoms with E-state index in [-0.39, 0.29) is 17.9 Å². The van der Waals surface area contributed by atoms with Gasteiger partial charge in [-0.2, -0.15) is 0 Å². The van der Waals surface area contributed by atoms with Crippen LogP contribution in [0.1, 0.15) is 42.4 Å². The van der Waals surface area contributed by atoms with E-state index in [0.29, 0.717) is 28.3 Å².